The summed E-state index contributed by atoms with van der Waals surface area (Å²) >= 11 is 0. The predicted molar refractivity (Wildman–Crippen MR) is 85.2 cm³/mol. The summed E-state index contributed by atoms with van der Waals surface area (Å²) in [4.78, 5) is 1.84. The Kier molecular flexibility index (Phi) is 6.46. The van der Waals surface area contributed by atoms with Gasteiger partial charge in [0.15, 0.2) is 0 Å². The van der Waals surface area contributed by atoms with Crippen LogP contribution in [0.2, 0.25) is 0 Å². The fourth-order valence-corrected chi connectivity index (χ4v) is 3.76. The van der Waals surface area contributed by atoms with Gasteiger partial charge in [0.25, 0.3) is 0 Å². The molecule has 20 heavy (non-hydrogen) atoms. The third-order valence-electron chi connectivity index (χ3n) is 1.98. The van der Waals surface area contributed by atoms with E-state index >= 15 is 0 Å². The highest BCUT2D eigenvalue weighted by Gasteiger charge is 2.36. The highest BCUT2D eigenvalue weighted by molar-refractivity contribution is 7.52. The van der Waals surface area contributed by atoms with Gasteiger partial charge in [-0.2, -0.15) is 4.76 Å². The minimum Gasteiger partial charge on any atom is -0.366 e. The summed E-state index contributed by atoms with van der Waals surface area (Å²) in [5.74, 6) is 0.826. The maximum Gasteiger partial charge on any atom is 0.456 e. The Balaban J connectivity index is 5.64. The van der Waals surface area contributed by atoms with E-state index in [0.717, 1.165) is 0 Å². The molecule has 0 aromatic heterocycles. The second kappa shape index (κ2) is 6.59. The first-order chi connectivity index (χ1) is 8.65. The van der Waals surface area contributed by atoms with Gasteiger partial charge >= 0.3 is 7.75 Å². The van der Waals surface area contributed by atoms with Crippen LogP contribution in [0.15, 0.2) is 4.76 Å². The van der Waals surface area contributed by atoms with Crippen LogP contribution in [-0.4, -0.2) is 36.0 Å². The monoisotopic (exact) mass is 306 g/mol. The standard InChI is InChI=1S/C14H31N2O3P/c1-11(2)12(16(9)10)15-20(17,18-13(3,4)5)19-14(6,7)8/h11H,1-10H3. The molecule has 0 bridgehead atoms. The number of rotatable bonds is 4. The van der Waals surface area contributed by atoms with Crippen LogP contribution in [0, 0.1) is 5.92 Å². The van der Waals surface area contributed by atoms with Gasteiger partial charge in [0.2, 0.25) is 0 Å². The molecule has 0 saturated heterocycles. The third kappa shape index (κ3) is 8.03. The summed E-state index contributed by atoms with van der Waals surface area (Å²) in [5.41, 5.74) is -1.20. The van der Waals surface area contributed by atoms with Crippen molar-refractivity contribution < 1.29 is 13.6 Å². The van der Waals surface area contributed by atoms with Gasteiger partial charge in [-0.3, -0.25) is 9.05 Å². The molecule has 0 aliphatic heterocycles. The molecule has 0 heterocycles. The molecule has 0 aliphatic rings. The van der Waals surface area contributed by atoms with Gasteiger partial charge in [0, 0.05) is 20.0 Å². The average molecular weight is 306 g/mol. The molecule has 0 saturated carbocycles. The lowest BCUT2D eigenvalue weighted by atomic mass is 10.2. The van der Waals surface area contributed by atoms with Crippen LogP contribution in [0.1, 0.15) is 55.4 Å². The van der Waals surface area contributed by atoms with Gasteiger partial charge in [0.1, 0.15) is 5.84 Å². The lowest BCUT2D eigenvalue weighted by Gasteiger charge is -2.30. The topological polar surface area (TPSA) is 51.1 Å². The summed E-state index contributed by atoms with van der Waals surface area (Å²) in [6.07, 6.45) is 0. The van der Waals surface area contributed by atoms with E-state index in [1.54, 1.807) is 0 Å². The van der Waals surface area contributed by atoms with Gasteiger partial charge in [-0.1, -0.05) is 13.8 Å². The molecule has 6 heteroatoms. The Labute approximate surface area is 124 Å². The van der Waals surface area contributed by atoms with Gasteiger partial charge in [0.05, 0.1) is 11.2 Å². The normalized spacial score (nSPS) is 14.8. The van der Waals surface area contributed by atoms with E-state index in [1.165, 1.54) is 0 Å². The number of nitrogens with zero attached hydrogens (tertiary/aromatic N) is 2. The van der Waals surface area contributed by atoms with Crippen molar-refractivity contribution in [3.8, 4) is 0 Å². The van der Waals surface area contributed by atoms with Crippen molar-refractivity contribution in [3.63, 3.8) is 0 Å². The molecule has 0 N–H and O–H groups in total. The maximum absolute atomic E-state index is 13.0. The molecule has 0 aliphatic carbocycles. The minimum absolute atomic E-state index is 0.130. The summed E-state index contributed by atoms with van der Waals surface area (Å²) in [6.45, 7) is 15.0. The van der Waals surface area contributed by atoms with Crippen molar-refractivity contribution >= 4 is 13.6 Å². The molecule has 0 spiro atoms. The molecular formula is C14H31N2O3P. The van der Waals surface area contributed by atoms with Gasteiger partial charge < -0.3 is 4.90 Å². The summed E-state index contributed by atoms with van der Waals surface area (Å²) in [7, 11) is 0.165. The fourth-order valence-electron chi connectivity index (χ4n) is 1.60. The van der Waals surface area contributed by atoms with Crippen LogP contribution < -0.4 is 0 Å². The first-order valence-electron chi connectivity index (χ1n) is 6.94. The molecule has 0 radical (unpaired) electrons. The molecule has 0 rings (SSSR count). The van der Waals surface area contributed by atoms with Crippen molar-refractivity contribution in [3.05, 3.63) is 0 Å². The highest BCUT2D eigenvalue weighted by Crippen LogP contribution is 2.56. The maximum atomic E-state index is 13.0. The molecule has 0 fully saturated rings. The second-order valence-electron chi connectivity index (χ2n) is 7.38. The van der Waals surface area contributed by atoms with Crippen LogP contribution in [0.25, 0.3) is 0 Å². The lowest BCUT2D eigenvalue weighted by molar-refractivity contribution is 0.0494. The summed E-state index contributed by atoms with van der Waals surface area (Å²) in [6, 6.07) is 0. The Morgan fingerprint density at radius 2 is 1.35 bits per heavy atom. The smallest absolute Gasteiger partial charge is 0.366 e. The van der Waals surface area contributed by atoms with E-state index < -0.39 is 18.9 Å². The van der Waals surface area contributed by atoms with Gasteiger partial charge in [-0.25, -0.2) is 4.57 Å². The van der Waals surface area contributed by atoms with Crippen LogP contribution in [-0.2, 0) is 13.6 Å². The summed E-state index contributed by atoms with van der Waals surface area (Å²) < 4.78 is 28.6. The SMILES string of the molecule is CC(C)C(=NP(=O)(OC(C)(C)C)OC(C)(C)C)N(C)C. The van der Waals surface area contributed by atoms with Crippen LogP contribution in [0.5, 0.6) is 0 Å². The fraction of sp³-hybridized carbons (Fsp3) is 0.929. The number of hydrogen-bond donors (Lipinski definition) is 0. The molecule has 0 aromatic rings. The van der Waals surface area contributed by atoms with E-state index in [1.807, 2.05) is 74.4 Å². The van der Waals surface area contributed by atoms with Gasteiger partial charge in [-0.05, 0) is 41.5 Å². The van der Waals surface area contributed by atoms with E-state index in [4.69, 9.17) is 9.05 Å². The van der Waals surface area contributed by atoms with E-state index in [0.29, 0.717) is 5.84 Å². The second-order valence-corrected chi connectivity index (χ2v) is 8.89. The van der Waals surface area contributed by atoms with Crippen LogP contribution >= 0.6 is 7.75 Å². The molecular weight excluding hydrogens is 275 g/mol. The average Bonchev–Trinajstić information content (AvgIpc) is 2.06. The van der Waals surface area contributed by atoms with Crippen molar-refractivity contribution in [1.29, 1.82) is 0 Å². The highest BCUT2D eigenvalue weighted by atomic mass is 31.2. The molecule has 0 unspecified atom stereocenters. The molecule has 0 aromatic carbocycles. The van der Waals surface area contributed by atoms with E-state index in [-0.39, 0.29) is 5.92 Å². The minimum atomic E-state index is -3.58. The van der Waals surface area contributed by atoms with E-state index in [2.05, 4.69) is 4.76 Å². The molecule has 5 nitrogen and oxygen atoms in total. The molecule has 0 atom stereocenters. The molecule has 0 amide bonds. The van der Waals surface area contributed by atoms with Crippen molar-refractivity contribution in [2.24, 2.45) is 10.7 Å². The van der Waals surface area contributed by atoms with Crippen LogP contribution in [0.4, 0.5) is 0 Å². The first kappa shape index (κ1) is 19.6. The predicted octanol–water partition coefficient (Wildman–Crippen LogP) is 4.34. The lowest BCUT2D eigenvalue weighted by Crippen LogP contribution is -2.29. The zero-order valence-corrected chi connectivity index (χ0v) is 15.5. The Morgan fingerprint density at radius 3 is 1.55 bits per heavy atom. The van der Waals surface area contributed by atoms with Crippen molar-refractivity contribution in [2.45, 2.75) is 66.6 Å². The quantitative estimate of drug-likeness (QED) is 0.440. The molecule has 120 valence electrons. The zero-order chi connectivity index (χ0) is 16.4. The largest absolute Gasteiger partial charge is 0.456 e. The van der Waals surface area contributed by atoms with Gasteiger partial charge in [-0.15, -0.1) is 0 Å². The van der Waals surface area contributed by atoms with Crippen molar-refractivity contribution in [2.75, 3.05) is 14.1 Å². The third-order valence-corrected chi connectivity index (χ3v) is 3.98. The number of hydrogen-bond acceptors (Lipinski definition) is 3. The Bertz CT molecular complexity index is 360. The summed E-state index contributed by atoms with van der Waals surface area (Å²) in [5, 5.41) is 0. The first-order valence-corrected chi connectivity index (χ1v) is 8.44. The Morgan fingerprint density at radius 1 is 1.00 bits per heavy atom. The Hall–Kier alpha value is -0.380. The van der Waals surface area contributed by atoms with E-state index in [9.17, 15) is 4.57 Å². The zero-order valence-electron chi connectivity index (χ0n) is 14.6. The van der Waals surface area contributed by atoms with Crippen LogP contribution in [0.3, 0.4) is 0 Å². The van der Waals surface area contributed by atoms with Crippen molar-refractivity contribution in [1.82, 2.24) is 4.90 Å². The number of amidine groups is 1.